The van der Waals surface area contributed by atoms with Crippen molar-refractivity contribution in [2.75, 3.05) is 0 Å². The normalized spacial score (nSPS) is 11.9. The van der Waals surface area contributed by atoms with Crippen LogP contribution in [0.4, 0.5) is 13.2 Å². The number of thiophene rings is 1. The predicted octanol–water partition coefficient (Wildman–Crippen LogP) is 7.23. The number of hydrogen-bond donors (Lipinski definition) is 0. The first-order valence-corrected chi connectivity index (χ1v) is 15.6. The summed E-state index contributed by atoms with van der Waals surface area (Å²) in [6.45, 7) is 1.94. The van der Waals surface area contributed by atoms with Gasteiger partial charge >= 0.3 is 15.6 Å². The van der Waals surface area contributed by atoms with E-state index in [1.165, 1.54) is 15.9 Å². The fraction of sp³-hybridized carbons (Fsp3) is 0.188. The highest BCUT2D eigenvalue weighted by molar-refractivity contribution is 7.88. The molecule has 0 saturated carbocycles. The highest BCUT2D eigenvalue weighted by Crippen LogP contribution is 2.38. The first kappa shape index (κ1) is 30.1. The molecule has 11 heteroatoms. The summed E-state index contributed by atoms with van der Waals surface area (Å²) in [4.78, 5) is 15.1. The molecule has 0 aliphatic heterocycles. The van der Waals surface area contributed by atoms with Crippen molar-refractivity contribution in [1.29, 1.82) is 5.26 Å². The maximum atomic E-state index is 14.0. The van der Waals surface area contributed by atoms with Gasteiger partial charge in [-0.15, -0.1) is 11.3 Å². The average Bonchev–Trinajstić information content (AvgIpc) is 3.44. The lowest BCUT2D eigenvalue weighted by molar-refractivity contribution is -0.0499. The quantitative estimate of drug-likeness (QED) is 0.128. The Morgan fingerprint density at radius 2 is 1.60 bits per heavy atom. The van der Waals surface area contributed by atoms with E-state index in [2.05, 4.69) is 6.07 Å². The van der Waals surface area contributed by atoms with E-state index in [4.69, 9.17) is 4.18 Å². The SMILES string of the molecule is CCc1cc2c(OS(=O)(=O)C(F)(F)F)c(CCc3ccccc3)c(=O)n(Cc3ccc(-c4ccccc4C#N)cc3)c2s1. The highest BCUT2D eigenvalue weighted by atomic mass is 32.2. The number of aryl methyl sites for hydroxylation is 2. The van der Waals surface area contributed by atoms with E-state index in [1.807, 2.05) is 61.5 Å². The molecule has 3 aromatic carbocycles. The number of rotatable bonds is 9. The van der Waals surface area contributed by atoms with Gasteiger partial charge in [-0.2, -0.15) is 26.9 Å². The zero-order valence-corrected chi connectivity index (χ0v) is 24.5. The number of nitriles is 1. The van der Waals surface area contributed by atoms with E-state index in [9.17, 15) is 31.6 Å². The van der Waals surface area contributed by atoms with E-state index in [0.29, 0.717) is 16.8 Å². The summed E-state index contributed by atoms with van der Waals surface area (Å²) in [5, 5.41) is 9.60. The molecule has 0 bridgehead atoms. The van der Waals surface area contributed by atoms with E-state index in [1.54, 1.807) is 30.3 Å². The molecule has 0 radical (unpaired) electrons. The molecule has 43 heavy (non-hydrogen) atoms. The van der Waals surface area contributed by atoms with Gasteiger partial charge in [-0.3, -0.25) is 9.36 Å². The van der Waals surface area contributed by atoms with Gasteiger partial charge in [0.15, 0.2) is 5.75 Å². The molecule has 0 aliphatic rings. The number of aromatic nitrogens is 1. The second-order valence-corrected chi connectivity index (χ2v) is 12.5. The average molecular weight is 623 g/mol. The summed E-state index contributed by atoms with van der Waals surface area (Å²) in [6.07, 6.45) is 0.760. The van der Waals surface area contributed by atoms with Crippen LogP contribution in [0, 0.1) is 11.3 Å². The fourth-order valence-corrected chi connectivity index (χ4v) is 6.41. The maximum absolute atomic E-state index is 14.0. The van der Waals surface area contributed by atoms with E-state index >= 15 is 0 Å². The van der Waals surface area contributed by atoms with E-state index in [0.717, 1.165) is 27.1 Å². The molecule has 0 aliphatic carbocycles. The highest BCUT2D eigenvalue weighted by Gasteiger charge is 2.49. The second-order valence-electron chi connectivity index (χ2n) is 9.81. The summed E-state index contributed by atoms with van der Waals surface area (Å²) in [5.41, 5.74) is -2.79. The molecule has 0 unspecified atom stereocenters. The van der Waals surface area contributed by atoms with Crippen LogP contribution in [0.1, 0.15) is 34.1 Å². The number of nitrogens with zero attached hydrogens (tertiary/aromatic N) is 2. The monoisotopic (exact) mass is 622 g/mol. The van der Waals surface area contributed by atoms with Crippen molar-refractivity contribution in [3.8, 4) is 22.9 Å². The standard InChI is InChI=1S/C32H25F3N2O4S2/c1-2-25-18-28-29(41-43(39,40)32(33,34)35)27(17-14-21-8-4-3-5-9-21)30(38)37(31(28)42-25)20-22-12-15-23(16-13-22)26-11-7-6-10-24(26)19-36/h3-13,15-16,18H,2,14,17,20H2,1H3. The minimum atomic E-state index is -6.04. The smallest absolute Gasteiger partial charge is 0.375 e. The third kappa shape index (κ3) is 6.21. The number of hydrogen-bond acceptors (Lipinski definition) is 6. The Morgan fingerprint density at radius 3 is 2.26 bits per heavy atom. The van der Waals surface area contributed by atoms with Gasteiger partial charge in [0, 0.05) is 4.88 Å². The summed E-state index contributed by atoms with van der Waals surface area (Å²) >= 11 is 1.20. The Bertz CT molecular complexity index is 1990. The van der Waals surface area contributed by atoms with Crippen LogP contribution < -0.4 is 9.74 Å². The zero-order chi connectivity index (χ0) is 30.8. The third-order valence-corrected chi connectivity index (χ3v) is 9.27. The molecule has 5 aromatic rings. The second kappa shape index (κ2) is 12.1. The van der Waals surface area contributed by atoms with Gasteiger partial charge in [-0.1, -0.05) is 79.7 Å². The molecular formula is C32H25F3N2O4S2. The van der Waals surface area contributed by atoms with Crippen molar-refractivity contribution in [3.63, 3.8) is 0 Å². The Kier molecular flexibility index (Phi) is 8.44. The Hall–Kier alpha value is -4.40. The molecule has 220 valence electrons. The Balaban J connectivity index is 1.63. The number of alkyl halides is 3. The summed E-state index contributed by atoms with van der Waals surface area (Å²) in [5.74, 6) is -0.580. The van der Waals surface area contributed by atoms with Crippen molar-refractivity contribution < 1.29 is 25.8 Å². The van der Waals surface area contributed by atoms with Gasteiger partial charge in [0.2, 0.25) is 0 Å². The van der Waals surface area contributed by atoms with Crippen LogP contribution in [0.2, 0.25) is 0 Å². The molecule has 0 atom stereocenters. The first-order valence-electron chi connectivity index (χ1n) is 13.3. The van der Waals surface area contributed by atoms with Crippen molar-refractivity contribution in [2.24, 2.45) is 0 Å². The molecule has 0 N–H and O–H groups in total. The molecule has 5 rings (SSSR count). The summed E-state index contributed by atoms with van der Waals surface area (Å²) in [7, 11) is -6.04. The van der Waals surface area contributed by atoms with E-state index in [-0.39, 0.29) is 30.3 Å². The number of halogens is 3. The molecule has 0 fully saturated rings. The fourth-order valence-electron chi connectivity index (χ4n) is 4.82. The van der Waals surface area contributed by atoms with Gasteiger partial charge in [-0.25, -0.2) is 0 Å². The van der Waals surface area contributed by atoms with Crippen molar-refractivity contribution in [3.05, 3.63) is 122 Å². The number of benzene rings is 3. The maximum Gasteiger partial charge on any atom is 0.534 e. The van der Waals surface area contributed by atoms with Gasteiger partial charge in [0.1, 0.15) is 4.83 Å². The lowest BCUT2D eigenvalue weighted by Crippen LogP contribution is -2.31. The molecule has 6 nitrogen and oxygen atoms in total. The molecule has 2 heterocycles. The van der Waals surface area contributed by atoms with Gasteiger partial charge < -0.3 is 4.18 Å². The molecule has 0 saturated heterocycles. The predicted molar refractivity (Wildman–Crippen MR) is 161 cm³/mol. The number of fused-ring (bicyclic) bond motifs is 1. The Labute approximate surface area is 250 Å². The lowest BCUT2D eigenvalue weighted by Gasteiger charge is -2.17. The van der Waals surface area contributed by atoms with Crippen LogP contribution in [0.25, 0.3) is 21.3 Å². The van der Waals surface area contributed by atoms with Gasteiger partial charge in [0.05, 0.1) is 29.1 Å². The van der Waals surface area contributed by atoms with Crippen LogP contribution in [0.3, 0.4) is 0 Å². The van der Waals surface area contributed by atoms with Crippen LogP contribution in [0.15, 0.2) is 89.7 Å². The van der Waals surface area contributed by atoms with Crippen molar-refractivity contribution >= 4 is 31.7 Å². The van der Waals surface area contributed by atoms with Gasteiger partial charge in [0.25, 0.3) is 5.56 Å². The third-order valence-electron chi connectivity index (χ3n) is 7.02. The zero-order valence-electron chi connectivity index (χ0n) is 22.9. The Morgan fingerprint density at radius 1 is 0.930 bits per heavy atom. The minimum Gasteiger partial charge on any atom is -0.375 e. The van der Waals surface area contributed by atoms with Crippen molar-refractivity contribution in [1.82, 2.24) is 4.57 Å². The number of pyridine rings is 1. The van der Waals surface area contributed by atoms with Crippen LogP contribution >= 0.6 is 11.3 Å². The van der Waals surface area contributed by atoms with Crippen LogP contribution in [0.5, 0.6) is 5.75 Å². The lowest BCUT2D eigenvalue weighted by atomic mass is 9.99. The molecule has 0 amide bonds. The van der Waals surface area contributed by atoms with Gasteiger partial charge in [-0.05, 0) is 53.6 Å². The van der Waals surface area contributed by atoms with E-state index < -0.39 is 26.9 Å². The minimum absolute atomic E-state index is 0.0390. The summed E-state index contributed by atoms with van der Waals surface area (Å²) in [6, 6.07) is 27.3. The summed E-state index contributed by atoms with van der Waals surface area (Å²) < 4.78 is 70.9. The topological polar surface area (TPSA) is 89.2 Å². The molecule has 2 aromatic heterocycles. The van der Waals surface area contributed by atoms with Crippen LogP contribution in [-0.4, -0.2) is 18.5 Å². The van der Waals surface area contributed by atoms with Crippen LogP contribution in [-0.2, 0) is 35.9 Å². The first-order chi connectivity index (χ1) is 20.5. The largest absolute Gasteiger partial charge is 0.534 e. The molecule has 0 spiro atoms. The van der Waals surface area contributed by atoms with Crippen molar-refractivity contribution in [2.45, 2.75) is 38.2 Å². The molecular weight excluding hydrogens is 597 g/mol.